The maximum atomic E-state index is 12.7. The van der Waals surface area contributed by atoms with Crippen molar-refractivity contribution in [3.63, 3.8) is 0 Å². The normalized spacial score (nSPS) is 19.2. The number of piperidine rings is 1. The Hall–Kier alpha value is -1.69. The highest BCUT2D eigenvalue weighted by atomic mass is 32.2. The maximum Gasteiger partial charge on any atom is 0.261 e. The van der Waals surface area contributed by atoms with E-state index in [2.05, 4.69) is 0 Å². The van der Waals surface area contributed by atoms with Gasteiger partial charge in [0.2, 0.25) is 5.91 Å². The third-order valence-electron chi connectivity index (χ3n) is 4.95. The summed E-state index contributed by atoms with van der Waals surface area (Å²) in [5, 5.41) is 0. The molecule has 0 radical (unpaired) electrons. The van der Waals surface area contributed by atoms with Gasteiger partial charge in [-0.05, 0) is 31.4 Å². The molecule has 1 spiro atoms. The van der Waals surface area contributed by atoms with Crippen LogP contribution in [0.25, 0.3) is 0 Å². The van der Waals surface area contributed by atoms with Crippen molar-refractivity contribution in [2.24, 2.45) is 0 Å². The molecular formula is C19H26N2O3S. The van der Waals surface area contributed by atoms with Crippen LogP contribution in [0.3, 0.4) is 0 Å². The Labute approximate surface area is 153 Å². The molecule has 0 N–H and O–H groups in total. The van der Waals surface area contributed by atoms with Crippen molar-refractivity contribution in [3.8, 4) is 5.75 Å². The lowest BCUT2D eigenvalue weighted by atomic mass is 10.0. The van der Waals surface area contributed by atoms with Gasteiger partial charge in [0, 0.05) is 31.8 Å². The Kier molecular flexibility index (Phi) is 5.89. The summed E-state index contributed by atoms with van der Waals surface area (Å²) in [6.07, 6.45) is 3.21. The van der Waals surface area contributed by atoms with Crippen molar-refractivity contribution in [3.05, 3.63) is 30.3 Å². The van der Waals surface area contributed by atoms with Gasteiger partial charge in [-0.1, -0.05) is 25.1 Å². The Balaban J connectivity index is 1.57. The van der Waals surface area contributed by atoms with Crippen molar-refractivity contribution in [2.45, 2.75) is 37.5 Å². The Bertz CT molecular complexity index is 600. The van der Waals surface area contributed by atoms with E-state index in [1.54, 1.807) is 0 Å². The van der Waals surface area contributed by atoms with Crippen LogP contribution in [0.1, 0.15) is 32.6 Å². The summed E-state index contributed by atoms with van der Waals surface area (Å²) in [4.78, 5) is 28.6. The predicted molar refractivity (Wildman–Crippen MR) is 99.6 cm³/mol. The van der Waals surface area contributed by atoms with E-state index < -0.39 is 0 Å². The lowest BCUT2D eigenvalue weighted by molar-refractivity contribution is -0.138. The van der Waals surface area contributed by atoms with Crippen molar-refractivity contribution in [1.82, 2.24) is 9.80 Å². The standard InChI is InChI=1S/C19H26N2O3S/c1-2-6-17(22)20-11-9-19(10-12-20)21(13-14-25-19)18(23)15-24-16-7-4-3-5-8-16/h3-5,7-8H,2,6,9-15H2,1H3. The molecule has 0 aliphatic carbocycles. The van der Waals surface area contributed by atoms with E-state index in [0.717, 1.165) is 50.4 Å². The average Bonchev–Trinajstić information content (AvgIpc) is 3.04. The molecule has 1 aromatic rings. The number of rotatable bonds is 5. The summed E-state index contributed by atoms with van der Waals surface area (Å²) in [5.74, 6) is 1.96. The largest absolute Gasteiger partial charge is 0.484 e. The molecule has 2 aliphatic rings. The van der Waals surface area contributed by atoms with Gasteiger partial charge >= 0.3 is 0 Å². The molecule has 2 aliphatic heterocycles. The van der Waals surface area contributed by atoms with E-state index >= 15 is 0 Å². The van der Waals surface area contributed by atoms with E-state index in [9.17, 15) is 9.59 Å². The summed E-state index contributed by atoms with van der Waals surface area (Å²) in [5.41, 5.74) is 0. The summed E-state index contributed by atoms with van der Waals surface area (Å²) in [7, 11) is 0. The zero-order valence-corrected chi connectivity index (χ0v) is 15.6. The topological polar surface area (TPSA) is 49.9 Å². The van der Waals surface area contributed by atoms with E-state index in [1.165, 1.54) is 0 Å². The van der Waals surface area contributed by atoms with Crippen molar-refractivity contribution >= 4 is 23.6 Å². The Morgan fingerprint density at radius 3 is 2.52 bits per heavy atom. The van der Waals surface area contributed by atoms with E-state index in [4.69, 9.17) is 4.74 Å². The number of amides is 2. The zero-order chi connectivity index (χ0) is 17.7. The van der Waals surface area contributed by atoms with Crippen LogP contribution in [-0.4, -0.2) is 58.5 Å². The number of ether oxygens (including phenoxy) is 1. The van der Waals surface area contributed by atoms with Crippen LogP contribution in [0, 0.1) is 0 Å². The third-order valence-corrected chi connectivity index (χ3v) is 6.50. The van der Waals surface area contributed by atoms with Gasteiger partial charge in [-0.3, -0.25) is 9.59 Å². The number of hydrogen-bond acceptors (Lipinski definition) is 4. The van der Waals surface area contributed by atoms with Gasteiger partial charge in [-0.15, -0.1) is 11.8 Å². The van der Waals surface area contributed by atoms with Crippen LogP contribution in [0.15, 0.2) is 30.3 Å². The first-order chi connectivity index (χ1) is 12.1. The molecule has 0 aromatic heterocycles. The molecule has 25 heavy (non-hydrogen) atoms. The fraction of sp³-hybridized carbons (Fsp3) is 0.579. The zero-order valence-electron chi connectivity index (χ0n) is 14.8. The average molecular weight is 362 g/mol. The van der Waals surface area contributed by atoms with E-state index in [0.29, 0.717) is 6.42 Å². The van der Waals surface area contributed by atoms with Gasteiger partial charge in [-0.25, -0.2) is 0 Å². The number of nitrogens with zero attached hydrogens (tertiary/aromatic N) is 2. The van der Waals surface area contributed by atoms with Gasteiger partial charge < -0.3 is 14.5 Å². The van der Waals surface area contributed by atoms with Crippen LogP contribution < -0.4 is 4.74 Å². The smallest absolute Gasteiger partial charge is 0.261 e. The molecule has 0 bridgehead atoms. The minimum absolute atomic E-state index is 0.0437. The summed E-state index contributed by atoms with van der Waals surface area (Å²) < 4.78 is 5.64. The Morgan fingerprint density at radius 2 is 1.84 bits per heavy atom. The number of para-hydroxylation sites is 1. The number of carbonyl (C=O) groups excluding carboxylic acids is 2. The quantitative estimate of drug-likeness (QED) is 0.808. The van der Waals surface area contributed by atoms with Crippen molar-refractivity contribution in [2.75, 3.05) is 32.0 Å². The van der Waals surface area contributed by atoms with E-state index in [1.807, 2.05) is 58.8 Å². The van der Waals surface area contributed by atoms with Gasteiger partial charge in [0.1, 0.15) is 5.75 Å². The molecule has 3 rings (SSSR count). The second-order valence-corrected chi connectivity index (χ2v) is 8.03. The molecule has 0 saturated carbocycles. The molecule has 2 heterocycles. The van der Waals surface area contributed by atoms with Crippen molar-refractivity contribution in [1.29, 1.82) is 0 Å². The fourth-order valence-electron chi connectivity index (χ4n) is 3.59. The first-order valence-corrected chi connectivity index (χ1v) is 10.0. The number of hydrogen-bond donors (Lipinski definition) is 0. The molecule has 6 heteroatoms. The summed E-state index contributed by atoms with van der Waals surface area (Å²) in [6, 6.07) is 9.44. The Morgan fingerprint density at radius 1 is 1.12 bits per heavy atom. The highest BCUT2D eigenvalue weighted by molar-refractivity contribution is 8.00. The number of carbonyl (C=O) groups is 2. The van der Waals surface area contributed by atoms with Crippen molar-refractivity contribution < 1.29 is 14.3 Å². The lowest BCUT2D eigenvalue weighted by Gasteiger charge is -2.44. The third kappa shape index (κ3) is 4.11. The molecule has 1 aromatic carbocycles. The summed E-state index contributed by atoms with van der Waals surface area (Å²) in [6.45, 7) is 4.36. The second kappa shape index (κ2) is 8.13. The molecule has 0 atom stereocenters. The SMILES string of the molecule is CCCC(=O)N1CCC2(CC1)SCCN2C(=O)COc1ccccc1. The first kappa shape index (κ1) is 18.1. The van der Waals surface area contributed by atoms with Gasteiger partial charge in [-0.2, -0.15) is 0 Å². The van der Waals surface area contributed by atoms with Gasteiger partial charge in [0.05, 0.1) is 4.87 Å². The van der Waals surface area contributed by atoms with Crippen LogP contribution in [0.4, 0.5) is 0 Å². The van der Waals surface area contributed by atoms with Gasteiger partial charge in [0.25, 0.3) is 5.91 Å². The first-order valence-electron chi connectivity index (χ1n) is 9.05. The van der Waals surface area contributed by atoms with Crippen LogP contribution in [-0.2, 0) is 9.59 Å². The molecule has 0 unspecified atom stereocenters. The molecular weight excluding hydrogens is 336 g/mol. The number of likely N-dealkylation sites (tertiary alicyclic amines) is 1. The lowest BCUT2D eigenvalue weighted by Crippen LogP contribution is -2.54. The monoisotopic (exact) mass is 362 g/mol. The maximum absolute atomic E-state index is 12.7. The second-order valence-electron chi connectivity index (χ2n) is 6.57. The summed E-state index contributed by atoms with van der Waals surface area (Å²) >= 11 is 1.86. The minimum Gasteiger partial charge on any atom is -0.484 e. The highest BCUT2D eigenvalue weighted by Crippen LogP contribution is 2.44. The molecule has 2 saturated heterocycles. The van der Waals surface area contributed by atoms with Crippen LogP contribution in [0.5, 0.6) is 5.75 Å². The minimum atomic E-state index is -0.153. The van der Waals surface area contributed by atoms with Gasteiger partial charge in [0.15, 0.2) is 6.61 Å². The molecule has 5 nitrogen and oxygen atoms in total. The molecule has 2 amide bonds. The van der Waals surface area contributed by atoms with Crippen LogP contribution >= 0.6 is 11.8 Å². The van der Waals surface area contributed by atoms with Crippen LogP contribution in [0.2, 0.25) is 0 Å². The number of benzene rings is 1. The predicted octanol–water partition coefficient (Wildman–Crippen LogP) is 2.76. The number of thioether (sulfide) groups is 1. The molecule has 136 valence electrons. The highest BCUT2D eigenvalue weighted by Gasteiger charge is 2.46. The fourth-order valence-corrected chi connectivity index (χ4v) is 5.07. The van der Waals surface area contributed by atoms with E-state index in [-0.39, 0.29) is 23.3 Å². The molecule has 2 fully saturated rings.